The van der Waals surface area contributed by atoms with Crippen LogP contribution in [0.2, 0.25) is 0 Å². The summed E-state index contributed by atoms with van der Waals surface area (Å²) in [6.07, 6.45) is 6.62. The lowest BCUT2D eigenvalue weighted by molar-refractivity contribution is -0.130. The first-order valence-electron chi connectivity index (χ1n) is 7.93. The second kappa shape index (κ2) is 6.40. The van der Waals surface area contributed by atoms with Gasteiger partial charge in [0.15, 0.2) is 0 Å². The van der Waals surface area contributed by atoms with Crippen molar-refractivity contribution in [1.29, 1.82) is 0 Å². The van der Waals surface area contributed by atoms with Crippen LogP contribution in [0.25, 0.3) is 0 Å². The SMILES string of the molecule is O=C(CCNC1CCCc2ccccc21)N1CCCC1. The number of carbonyl (C=O) groups is 1. The highest BCUT2D eigenvalue weighted by molar-refractivity contribution is 5.76. The molecule has 0 aromatic heterocycles. The van der Waals surface area contributed by atoms with E-state index in [0.29, 0.717) is 18.4 Å². The van der Waals surface area contributed by atoms with Crippen molar-refractivity contribution in [3.05, 3.63) is 35.4 Å². The van der Waals surface area contributed by atoms with Crippen LogP contribution in [0.15, 0.2) is 24.3 Å². The first-order chi connectivity index (χ1) is 9.84. The fraction of sp³-hybridized carbons (Fsp3) is 0.588. The van der Waals surface area contributed by atoms with Crippen LogP contribution >= 0.6 is 0 Å². The van der Waals surface area contributed by atoms with E-state index in [9.17, 15) is 4.79 Å². The van der Waals surface area contributed by atoms with Crippen LogP contribution < -0.4 is 5.32 Å². The lowest BCUT2D eigenvalue weighted by Crippen LogP contribution is -2.32. The first kappa shape index (κ1) is 13.6. The predicted molar refractivity (Wildman–Crippen MR) is 80.6 cm³/mol. The molecule has 1 saturated heterocycles. The summed E-state index contributed by atoms with van der Waals surface area (Å²) in [4.78, 5) is 14.0. The van der Waals surface area contributed by atoms with Crippen LogP contribution in [-0.4, -0.2) is 30.4 Å². The second-order valence-electron chi connectivity index (χ2n) is 5.94. The van der Waals surface area contributed by atoms with Gasteiger partial charge in [0.2, 0.25) is 5.91 Å². The molecule has 108 valence electrons. The van der Waals surface area contributed by atoms with Crippen molar-refractivity contribution in [2.45, 2.75) is 44.6 Å². The molecule has 1 aliphatic carbocycles. The minimum atomic E-state index is 0.319. The van der Waals surface area contributed by atoms with Gasteiger partial charge in [0, 0.05) is 32.1 Å². The van der Waals surface area contributed by atoms with Crippen LogP contribution in [0.1, 0.15) is 49.3 Å². The molecule has 0 bridgehead atoms. The molecule has 2 aliphatic rings. The van der Waals surface area contributed by atoms with E-state index in [1.165, 1.54) is 43.2 Å². The number of hydrogen-bond donors (Lipinski definition) is 1. The Morgan fingerprint density at radius 1 is 1.20 bits per heavy atom. The Hall–Kier alpha value is -1.35. The van der Waals surface area contributed by atoms with Crippen molar-refractivity contribution in [2.75, 3.05) is 19.6 Å². The average Bonchev–Trinajstić information content (AvgIpc) is 3.02. The maximum atomic E-state index is 12.0. The molecule has 0 radical (unpaired) electrons. The Kier molecular flexibility index (Phi) is 4.36. The van der Waals surface area contributed by atoms with E-state index >= 15 is 0 Å². The third-order valence-electron chi connectivity index (χ3n) is 4.56. The van der Waals surface area contributed by atoms with Gasteiger partial charge in [-0.15, -0.1) is 0 Å². The molecule has 1 aliphatic heterocycles. The number of likely N-dealkylation sites (tertiary alicyclic amines) is 1. The molecule has 1 unspecified atom stereocenters. The van der Waals surface area contributed by atoms with E-state index < -0.39 is 0 Å². The molecule has 1 N–H and O–H groups in total. The molecule has 1 heterocycles. The zero-order chi connectivity index (χ0) is 13.8. The fourth-order valence-corrected chi connectivity index (χ4v) is 3.44. The largest absolute Gasteiger partial charge is 0.343 e. The van der Waals surface area contributed by atoms with Gasteiger partial charge in [-0.3, -0.25) is 4.79 Å². The summed E-state index contributed by atoms with van der Waals surface area (Å²) in [6, 6.07) is 9.14. The van der Waals surface area contributed by atoms with Crippen molar-refractivity contribution in [1.82, 2.24) is 10.2 Å². The number of amides is 1. The summed E-state index contributed by atoms with van der Waals surface area (Å²) >= 11 is 0. The van der Waals surface area contributed by atoms with Crippen molar-refractivity contribution in [3.63, 3.8) is 0 Å². The van der Waals surface area contributed by atoms with Crippen LogP contribution in [0, 0.1) is 0 Å². The molecule has 3 rings (SSSR count). The molecule has 1 aromatic rings. The maximum absolute atomic E-state index is 12.0. The van der Waals surface area contributed by atoms with E-state index in [1.807, 2.05) is 4.90 Å². The Balaban J connectivity index is 1.50. The number of carbonyl (C=O) groups excluding carboxylic acids is 1. The molecule has 20 heavy (non-hydrogen) atoms. The van der Waals surface area contributed by atoms with Gasteiger partial charge >= 0.3 is 0 Å². The van der Waals surface area contributed by atoms with Gasteiger partial charge in [-0.1, -0.05) is 24.3 Å². The molecule has 1 fully saturated rings. The fourth-order valence-electron chi connectivity index (χ4n) is 3.44. The summed E-state index contributed by atoms with van der Waals surface area (Å²) in [7, 11) is 0. The molecule has 1 amide bonds. The summed E-state index contributed by atoms with van der Waals surface area (Å²) in [6.45, 7) is 2.73. The summed E-state index contributed by atoms with van der Waals surface area (Å²) in [5.74, 6) is 0.319. The Labute approximate surface area is 121 Å². The van der Waals surface area contributed by atoms with E-state index in [1.54, 1.807) is 0 Å². The maximum Gasteiger partial charge on any atom is 0.223 e. The second-order valence-corrected chi connectivity index (χ2v) is 5.94. The Morgan fingerprint density at radius 2 is 2.00 bits per heavy atom. The van der Waals surface area contributed by atoms with Gasteiger partial charge in [0.1, 0.15) is 0 Å². The van der Waals surface area contributed by atoms with Crippen LogP contribution in [0.3, 0.4) is 0 Å². The van der Waals surface area contributed by atoms with Crippen LogP contribution in [0.5, 0.6) is 0 Å². The zero-order valence-corrected chi connectivity index (χ0v) is 12.1. The van der Waals surface area contributed by atoms with Gasteiger partial charge in [-0.05, 0) is 43.2 Å². The zero-order valence-electron chi connectivity index (χ0n) is 12.1. The van der Waals surface area contributed by atoms with Crippen molar-refractivity contribution in [3.8, 4) is 0 Å². The van der Waals surface area contributed by atoms with Gasteiger partial charge < -0.3 is 10.2 Å². The Bertz CT molecular complexity index is 466. The van der Waals surface area contributed by atoms with Crippen molar-refractivity contribution < 1.29 is 4.79 Å². The number of hydrogen-bond acceptors (Lipinski definition) is 2. The standard InChI is InChI=1S/C17H24N2O/c20-17(19-12-3-4-13-19)10-11-18-16-9-5-7-14-6-1-2-8-15(14)16/h1-2,6,8,16,18H,3-5,7,9-13H2. The van der Waals surface area contributed by atoms with Crippen molar-refractivity contribution >= 4 is 5.91 Å². The van der Waals surface area contributed by atoms with Gasteiger partial charge in [-0.25, -0.2) is 0 Å². The topological polar surface area (TPSA) is 32.3 Å². The number of nitrogens with zero attached hydrogens (tertiary/aromatic N) is 1. The van der Waals surface area contributed by atoms with E-state index in [4.69, 9.17) is 0 Å². The van der Waals surface area contributed by atoms with Crippen LogP contribution in [0.4, 0.5) is 0 Å². The number of aryl methyl sites for hydroxylation is 1. The summed E-state index contributed by atoms with van der Waals surface area (Å²) < 4.78 is 0. The van der Waals surface area contributed by atoms with Gasteiger partial charge in [0.25, 0.3) is 0 Å². The number of rotatable bonds is 4. The lowest BCUT2D eigenvalue weighted by Gasteiger charge is -2.26. The number of benzene rings is 1. The molecule has 3 heteroatoms. The van der Waals surface area contributed by atoms with Crippen molar-refractivity contribution in [2.24, 2.45) is 0 Å². The third kappa shape index (κ3) is 3.04. The molecule has 1 atom stereocenters. The average molecular weight is 272 g/mol. The predicted octanol–water partition coefficient (Wildman–Crippen LogP) is 2.67. The minimum absolute atomic E-state index is 0.319. The molecular weight excluding hydrogens is 248 g/mol. The lowest BCUT2D eigenvalue weighted by atomic mass is 9.88. The molecule has 3 nitrogen and oxygen atoms in total. The molecule has 1 aromatic carbocycles. The molecular formula is C17H24N2O. The Morgan fingerprint density at radius 3 is 2.85 bits per heavy atom. The first-order valence-corrected chi connectivity index (χ1v) is 7.93. The third-order valence-corrected chi connectivity index (χ3v) is 4.56. The van der Waals surface area contributed by atoms with E-state index in [-0.39, 0.29) is 0 Å². The van der Waals surface area contributed by atoms with Crippen LogP contribution in [-0.2, 0) is 11.2 Å². The van der Waals surface area contributed by atoms with Gasteiger partial charge in [-0.2, -0.15) is 0 Å². The summed E-state index contributed by atoms with van der Waals surface area (Å²) in [5.41, 5.74) is 2.91. The monoisotopic (exact) mass is 272 g/mol. The summed E-state index contributed by atoms with van der Waals surface area (Å²) in [5, 5.41) is 3.58. The molecule has 0 spiro atoms. The van der Waals surface area contributed by atoms with Gasteiger partial charge in [0.05, 0.1) is 0 Å². The smallest absolute Gasteiger partial charge is 0.223 e. The number of nitrogens with one attached hydrogen (secondary N) is 1. The van der Waals surface area contributed by atoms with E-state index in [0.717, 1.165) is 19.6 Å². The minimum Gasteiger partial charge on any atom is -0.343 e. The molecule has 0 saturated carbocycles. The van der Waals surface area contributed by atoms with E-state index in [2.05, 4.69) is 29.6 Å². The highest BCUT2D eigenvalue weighted by Crippen LogP contribution is 2.29. The highest BCUT2D eigenvalue weighted by Gasteiger charge is 2.21. The highest BCUT2D eigenvalue weighted by atomic mass is 16.2. The normalized spacial score (nSPS) is 21.8. The number of fused-ring (bicyclic) bond motifs is 1. The quantitative estimate of drug-likeness (QED) is 0.914.